The van der Waals surface area contributed by atoms with E-state index in [2.05, 4.69) is 4.90 Å². The molecule has 2 heterocycles. The van der Waals surface area contributed by atoms with Gasteiger partial charge in [0.05, 0.1) is 0 Å². The predicted molar refractivity (Wildman–Crippen MR) is 49.9 cm³/mol. The summed E-state index contributed by atoms with van der Waals surface area (Å²) in [6.07, 6.45) is 4.88. The second kappa shape index (κ2) is 2.64. The maximum absolute atomic E-state index is 11.5. The summed E-state index contributed by atoms with van der Waals surface area (Å²) in [7, 11) is 3.87. The van der Waals surface area contributed by atoms with Crippen molar-refractivity contribution < 1.29 is 0 Å². The Labute approximate surface area is 76.9 Å². The average Bonchev–Trinajstić information content (AvgIpc) is 2.32. The Kier molecular flexibility index (Phi) is 1.74. The van der Waals surface area contributed by atoms with Crippen LogP contribution in [0.4, 0.5) is 4.56 Å². The van der Waals surface area contributed by atoms with Crippen molar-refractivity contribution in [3.8, 4) is 0 Å². The molecule has 0 bridgehead atoms. The molecule has 0 radical (unpaired) electrons. The number of nitrogens with zero attached hydrogens (tertiary/aromatic N) is 2. The quantitative estimate of drug-likeness (QED) is 0.583. The third kappa shape index (κ3) is 0.993. The zero-order chi connectivity index (χ0) is 8.72. The van der Waals surface area contributed by atoms with E-state index in [1.807, 2.05) is 29.9 Å². The van der Waals surface area contributed by atoms with Gasteiger partial charge < -0.3 is 0 Å². The van der Waals surface area contributed by atoms with E-state index in [1.165, 1.54) is 4.56 Å². The van der Waals surface area contributed by atoms with Crippen LogP contribution in [0, 0.1) is 0 Å². The van der Waals surface area contributed by atoms with Crippen LogP contribution in [0.1, 0.15) is 5.56 Å². The van der Waals surface area contributed by atoms with Gasteiger partial charge >= 0.3 is 76.5 Å². The first-order valence-electron chi connectivity index (χ1n) is 3.79. The number of aromatic nitrogens is 1. The SMILES string of the molecule is CN1C=CCc2c1[se]n(C)c2=O. The maximum atomic E-state index is 11.5. The van der Waals surface area contributed by atoms with Gasteiger partial charge in [0.25, 0.3) is 0 Å². The van der Waals surface area contributed by atoms with Crippen molar-refractivity contribution in [1.82, 2.24) is 3.56 Å². The minimum absolute atomic E-state index is 0.200. The van der Waals surface area contributed by atoms with Crippen LogP contribution in [0.3, 0.4) is 0 Å². The number of hydrogen-bond acceptors (Lipinski definition) is 2. The van der Waals surface area contributed by atoms with Crippen molar-refractivity contribution in [2.24, 2.45) is 7.05 Å². The molecule has 0 amide bonds. The van der Waals surface area contributed by atoms with E-state index in [-0.39, 0.29) is 20.3 Å². The Morgan fingerprint density at radius 2 is 2.25 bits per heavy atom. The van der Waals surface area contributed by atoms with Crippen LogP contribution in [-0.2, 0) is 13.5 Å². The van der Waals surface area contributed by atoms with Crippen molar-refractivity contribution in [2.75, 3.05) is 11.9 Å². The van der Waals surface area contributed by atoms with Crippen LogP contribution in [0.15, 0.2) is 17.1 Å². The first-order chi connectivity index (χ1) is 5.70. The fourth-order valence-corrected chi connectivity index (χ4v) is 3.29. The van der Waals surface area contributed by atoms with Gasteiger partial charge in [0.1, 0.15) is 0 Å². The molecule has 4 heteroatoms. The Balaban J connectivity index is 2.65. The molecule has 2 rings (SSSR count). The van der Waals surface area contributed by atoms with Crippen LogP contribution in [0.5, 0.6) is 0 Å². The summed E-state index contributed by atoms with van der Waals surface area (Å²) in [5.74, 6) is 0. The van der Waals surface area contributed by atoms with Gasteiger partial charge in [0, 0.05) is 0 Å². The van der Waals surface area contributed by atoms with Crippen LogP contribution in [0.2, 0.25) is 0 Å². The molecule has 0 aromatic carbocycles. The fraction of sp³-hybridized carbons (Fsp3) is 0.375. The summed E-state index contributed by atoms with van der Waals surface area (Å²) in [5.41, 5.74) is 1.20. The van der Waals surface area contributed by atoms with Crippen LogP contribution in [-0.4, -0.2) is 25.3 Å². The van der Waals surface area contributed by atoms with E-state index in [0.717, 1.165) is 12.0 Å². The first kappa shape index (κ1) is 7.89. The summed E-state index contributed by atoms with van der Waals surface area (Å²) in [4.78, 5) is 13.6. The van der Waals surface area contributed by atoms with Gasteiger partial charge in [-0.25, -0.2) is 0 Å². The van der Waals surface area contributed by atoms with Crippen molar-refractivity contribution in [2.45, 2.75) is 6.42 Å². The standard InChI is InChI=1S/C8H10N2OSe/c1-9-5-3-4-6-7(11)10(2)12-8(6)9/h3,5H,4H2,1-2H3. The molecule has 0 fully saturated rings. The second-order valence-corrected chi connectivity index (χ2v) is 5.22. The van der Waals surface area contributed by atoms with Crippen LogP contribution < -0.4 is 10.5 Å². The van der Waals surface area contributed by atoms with Crippen LogP contribution >= 0.6 is 0 Å². The third-order valence-corrected chi connectivity index (χ3v) is 4.40. The number of allylic oxidation sites excluding steroid dienone is 1. The number of aryl methyl sites for hydroxylation is 1. The van der Waals surface area contributed by atoms with Gasteiger partial charge in [-0.2, -0.15) is 0 Å². The van der Waals surface area contributed by atoms with E-state index in [0.29, 0.717) is 0 Å². The molecule has 0 saturated heterocycles. The normalized spacial score (nSPS) is 15.0. The van der Waals surface area contributed by atoms with Gasteiger partial charge in [-0.3, -0.25) is 0 Å². The van der Waals surface area contributed by atoms with Gasteiger partial charge in [-0.05, 0) is 0 Å². The summed E-state index contributed by atoms with van der Waals surface area (Å²) in [6.45, 7) is 0. The molecule has 1 aliphatic rings. The molecule has 12 heavy (non-hydrogen) atoms. The number of anilines is 1. The van der Waals surface area contributed by atoms with E-state index < -0.39 is 0 Å². The van der Waals surface area contributed by atoms with E-state index in [9.17, 15) is 4.79 Å². The average molecular weight is 229 g/mol. The van der Waals surface area contributed by atoms with Crippen molar-refractivity contribution in [3.05, 3.63) is 28.2 Å². The van der Waals surface area contributed by atoms with Gasteiger partial charge in [-0.15, -0.1) is 0 Å². The molecule has 0 N–H and O–H groups in total. The first-order valence-corrected chi connectivity index (χ1v) is 5.41. The van der Waals surface area contributed by atoms with Crippen molar-refractivity contribution >= 4 is 19.3 Å². The molecular weight excluding hydrogens is 219 g/mol. The molecule has 0 aliphatic carbocycles. The number of fused-ring (bicyclic) bond motifs is 1. The van der Waals surface area contributed by atoms with Gasteiger partial charge in [-0.1, -0.05) is 0 Å². The molecule has 1 aromatic heterocycles. The summed E-state index contributed by atoms with van der Waals surface area (Å²) in [6, 6.07) is 0. The van der Waals surface area contributed by atoms with Crippen molar-refractivity contribution in [1.29, 1.82) is 0 Å². The van der Waals surface area contributed by atoms with E-state index in [4.69, 9.17) is 0 Å². The fourth-order valence-electron chi connectivity index (χ4n) is 1.36. The van der Waals surface area contributed by atoms with Gasteiger partial charge in [0.2, 0.25) is 0 Å². The van der Waals surface area contributed by atoms with E-state index >= 15 is 0 Å². The molecular formula is C8H10N2OSe. The molecule has 0 unspecified atom stereocenters. The number of hydrogen-bond donors (Lipinski definition) is 0. The van der Waals surface area contributed by atoms with Crippen LogP contribution in [0.25, 0.3) is 0 Å². The summed E-state index contributed by atoms with van der Waals surface area (Å²) in [5, 5.41) is 0. The monoisotopic (exact) mass is 230 g/mol. The van der Waals surface area contributed by atoms with E-state index in [1.54, 1.807) is 0 Å². The summed E-state index contributed by atoms with van der Waals surface area (Å²) < 4.78 is 3.04. The Hall–Kier alpha value is -0.731. The molecule has 0 spiro atoms. The third-order valence-electron chi connectivity index (χ3n) is 2.00. The molecule has 3 nitrogen and oxygen atoms in total. The van der Waals surface area contributed by atoms with Gasteiger partial charge in [0.15, 0.2) is 0 Å². The Bertz CT molecular complexity index is 388. The molecule has 1 aliphatic heterocycles. The molecule has 64 valence electrons. The predicted octanol–water partition coefficient (Wildman–Crippen LogP) is -0.0517. The zero-order valence-corrected chi connectivity index (χ0v) is 8.79. The Morgan fingerprint density at radius 3 is 2.92 bits per heavy atom. The molecule has 0 atom stereocenters. The Morgan fingerprint density at radius 1 is 1.50 bits per heavy atom. The topological polar surface area (TPSA) is 25.2 Å². The summed E-state index contributed by atoms with van der Waals surface area (Å²) >= 11 is 0.200. The number of rotatable bonds is 0. The van der Waals surface area contributed by atoms with Crippen molar-refractivity contribution in [3.63, 3.8) is 0 Å². The molecule has 1 aromatic rings. The second-order valence-electron chi connectivity index (χ2n) is 2.88. The minimum atomic E-state index is 0.200. The zero-order valence-electron chi connectivity index (χ0n) is 7.07. The molecule has 0 saturated carbocycles.